The number of nitrogen functional groups attached to an aromatic ring is 1. The number of aryl methyl sites for hydroxylation is 2. The molecule has 1 aromatic carbocycles. The van der Waals surface area contributed by atoms with Crippen LogP contribution >= 0.6 is 0 Å². The Hall–Kier alpha value is -3.28. The number of pyridine rings is 1. The molecule has 6 heteroatoms. The van der Waals surface area contributed by atoms with Crippen LogP contribution in [0.2, 0.25) is 0 Å². The predicted octanol–water partition coefficient (Wildman–Crippen LogP) is 3.36. The molecule has 0 bridgehead atoms. The number of nitrogens with one attached hydrogen (secondary N) is 1. The van der Waals surface area contributed by atoms with Crippen LogP contribution in [0.15, 0.2) is 42.6 Å². The molecule has 0 aliphatic heterocycles. The van der Waals surface area contributed by atoms with Crippen molar-refractivity contribution in [1.29, 1.82) is 0 Å². The van der Waals surface area contributed by atoms with Crippen LogP contribution in [0.25, 0.3) is 22.5 Å². The standard InChI is InChI=1S/C19H19N5O/c1-11-4-5-15(20)9-16(11)18-10-17(22-12(2)23-18)14-6-7-21-19(8-14)24-13(3)25/h4-10H,20H2,1-3H3,(H,21,24,25). The first-order valence-corrected chi connectivity index (χ1v) is 7.88. The maximum absolute atomic E-state index is 11.2. The Bertz CT molecular complexity index is 952. The van der Waals surface area contributed by atoms with Gasteiger partial charge in [-0.3, -0.25) is 4.79 Å². The monoisotopic (exact) mass is 333 g/mol. The summed E-state index contributed by atoms with van der Waals surface area (Å²) in [5, 5.41) is 2.68. The van der Waals surface area contributed by atoms with Gasteiger partial charge in [-0.15, -0.1) is 0 Å². The maximum atomic E-state index is 11.2. The second-order valence-corrected chi connectivity index (χ2v) is 5.87. The van der Waals surface area contributed by atoms with E-state index in [9.17, 15) is 4.79 Å². The van der Waals surface area contributed by atoms with Crippen molar-refractivity contribution in [3.05, 3.63) is 54.0 Å². The summed E-state index contributed by atoms with van der Waals surface area (Å²) in [7, 11) is 0. The van der Waals surface area contributed by atoms with Crippen molar-refractivity contribution in [1.82, 2.24) is 15.0 Å². The summed E-state index contributed by atoms with van der Waals surface area (Å²) in [6.45, 7) is 5.32. The van der Waals surface area contributed by atoms with Crippen LogP contribution in [0.3, 0.4) is 0 Å². The van der Waals surface area contributed by atoms with E-state index in [-0.39, 0.29) is 5.91 Å². The fourth-order valence-corrected chi connectivity index (χ4v) is 2.61. The van der Waals surface area contributed by atoms with Gasteiger partial charge in [-0.25, -0.2) is 15.0 Å². The largest absolute Gasteiger partial charge is 0.399 e. The van der Waals surface area contributed by atoms with Gasteiger partial charge in [0, 0.05) is 29.9 Å². The summed E-state index contributed by atoms with van der Waals surface area (Å²) in [4.78, 5) is 24.4. The van der Waals surface area contributed by atoms with Gasteiger partial charge >= 0.3 is 0 Å². The lowest BCUT2D eigenvalue weighted by atomic mass is 10.0. The van der Waals surface area contributed by atoms with Crippen LogP contribution in [0.4, 0.5) is 11.5 Å². The smallest absolute Gasteiger partial charge is 0.222 e. The quantitative estimate of drug-likeness (QED) is 0.717. The molecule has 6 nitrogen and oxygen atoms in total. The number of carbonyl (C=O) groups is 1. The third-order valence-corrected chi connectivity index (χ3v) is 3.74. The molecule has 0 radical (unpaired) electrons. The van der Waals surface area contributed by atoms with Crippen LogP contribution in [0.5, 0.6) is 0 Å². The molecule has 0 fully saturated rings. The Morgan fingerprint density at radius 3 is 2.56 bits per heavy atom. The fourth-order valence-electron chi connectivity index (χ4n) is 2.61. The van der Waals surface area contributed by atoms with E-state index < -0.39 is 0 Å². The Morgan fingerprint density at radius 1 is 1.04 bits per heavy atom. The van der Waals surface area contributed by atoms with Gasteiger partial charge in [0.2, 0.25) is 5.91 Å². The van der Waals surface area contributed by atoms with E-state index in [1.807, 2.05) is 44.2 Å². The van der Waals surface area contributed by atoms with Crippen LogP contribution in [-0.2, 0) is 4.79 Å². The zero-order valence-corrected chi connectivity index (χ0v) is 14.4. The first-order valence-electron chi connectivity index (χ1n) is 7.88. The first-order chi connectivity index (χ1) is 11.9. The minimum absolute atomic E-state index is 0.167. The number of aromatic nitrogens is 3. The molecule has 126 valence electrons. The van der Waals surface area contributed by atoms with Gasteiger partial charge in [0.25, 0.3) is 0 Å². The van der Waals surface area contributed by atoms with E-state index in [4.69, 9.17) is 5.73 Å². The number of nitrogens with zero attached hydrogens (tertiary/aromatic N) is 3. The predicted molar refractivity (Wildman–Crippen MR) is 98.9 cm³/mol. The van der Waals surface area contributed by atoms with Crippen molar-refractivity contribution in [3.63, 3.8) is 0 Å². The number of carbonyl (C=O) groups excluding carboxylic acids is 1. The summed E-state index contributed by atoms with van der Waals surface area (Å²) in [6, 6.07) is 11.3. The molecule has 25 heavy (non-hydrogen) atoms. The number of rotatable bonds is 3. The lowest BCUT2D eigenvalue weighted by Crippen LogP contribution is -2.07. The van der Waals surface area contributed by atoms with Crippen LogP contribution in [0.1, 0.15) is 18.3 Å². The summed E-state index contributed by atoms with van der Waals surface area (Å²) < 4.78 is 0. The molecule has 3 rings (SSSR count). The van der Waals surface area contributed by atoms with Crippen LogP contribution < -0.4 is 11.1 Å². The molecule has 0 atom stereocenters. The van der Waals surface area contributed by atoms with Gasteiger partial charge in [0.15, 0.2) is 0 Å². The van der Waals surface area contributed by atoms with Crippen LogP contribution in [-0.4, -0.2) is 20.9 Å². The van der Waals surface area contributed by atoms with Crippen molar-refractivity contribution in [2.24, 2.45) is 0 Å². The molecule has 0 saturated carbocycles. The number of benzene rings is 1. The molecule has 0 aliphatic rings. The molecule has 1 amide bonds. The van der Waals surface area contributed by atoms with Crippen molar-refractivity contribution < 1.29 is 4.79 Å². The Kier molecular flexibility index (Phi) is 4.43. The van der Waals surface area contributed by atoms with Crippen molar-refractivity contribution >= 4 is 17.4 Å². The topological polar surface area (TPSA) is 93.8 Å². The van der Waals surface area contributed by atoms with Gasteiger partial charge in [0.1, 0.15) is 11.6 Å². The Morgan fingerprint density at radius 2 is 1.80 bits per heavy atom. The molecule has 3 aromatic rings. The highest BCUT2D eigenvalue weighted by molar-refractivity contribution is 5.88. The Labute approximate surface area is 146 Å². The zero-order valence-electron chi connectivity index (χ0n) is 14.4. The number of hydrogen-bond donors (Lipinski definition) is 2. The van der Waals surface area contributed by atoms with Gasteiger partial charge in [-0.2, -0.15) is 0 Å². The summed E-state index contributed by atoms with van der Waals surface area (Å²) in [5.74, 6) is 0.981. The highest BCUT2D eigenvalue weighted by atomic mass is 16.1. The number of nitrogens with two attached hydrogens (primary N) is 1. The average Bonchev–Trinajstić information content (AvgIpc) is 2.56. The number of amides is 1. The molecule has 0 aliphatic carbocycles. The average molecular weight is 333 g/mol. The normalized spacial score (nSPS) is 10.5. The van der Waals surface area contributed by atoms with Crippen LogP contribution in [0, 0.1) is 13.8 Å². The second kappa shape index (κ2) is 6.68. The molecular weight excluding hydrogens is 314 g/mol. The minimum Gasteiger partial charge on any atom is -0.399 e. The molecule has 0 saturated heterocycles. The van der Waals surface area contributed by atoms with Gasteiger partial charge < -0.3 is 11.1 Å². The fraction of sp³-hybridized carbons (Fsp3) is 0.158. The highest BCUT2D eigenvalue weighted by Gasteiger charge is 2.10. The van der Waals surface area contributed by atoms with Gasteiger partial charge in [-0.1, -0.05) is 6.07 Å². The molecule has 0 spiro atoms. The molecular formula is C19H19N5O. The van der Waals surface area contributed by atoms with Gasteiger partial charge in [0.05, 0.1) is 11.4 Å². The Balaban J connectivity index is 2.08. The third kappa shape index (κ3) is 3.80. The van der Waals surface area contributed by atoms with Crippen molar-refractivity contribution in [3.8, 4) is 22.5 Å². The lowest BCUT2D eigenvalue weighted by molar-refractivity contribution is -0.114. The van der Waals surface area contributed by atoms with E-state index in [2.05, 4.69) is 20.3 Å². The SMILES string of the molecule is CC(=O)Nc1cc(-c2cc(-c3cc(N)ccc3C)nc(C)n2)ccn1. The number of hydrogen-bond acceptors (Lipinski definition) is 5. The van der Waals surface area contributed by atoms with E-state index in [1.54, 1.807) is 12.3 Å². The van der Waals surface area contributed by atoms with Crippen molar-refractivity contribution in [2.75, 3.05) is 11.1 Å². The zero-order chi connectivity index (χ0) is 18.0. The summed E-state index contributed by atoms with van der Waals surface area (Å²) in [5.41, 5.74) is 11.1. The molecule has 0 unspecified atom stereocenters. The van der Waals surface area contributed by atoms with E-state index in [1.165, 1.54) is 6.92 Å². The number of anilines is 2. The van der Waals surface area contributed by atoms with Crippen molar-refractivity contribution in [2.45, 2.75) is 20.8 Å². The van der Waals surface area contributed by atoms with E-state index in [0.717, 1.165) is 28.1 Å². The van der Waals surface area contributed by atoms with E-state index >= 15 is 0 Å². The maximum Gasteiger partial charge on any atom is 0.222 e. The molecule has 3 N–H and O–H groups in total. The lowest BCUT2D eigenvalue weighted by Gasteiger charge is -2.10. The second-order valence-electron chi connectivity index (χ2n) is 5.87. The summed E-state index contributed by atoms with van der Waals surface area (Å²) >= 11 is 0. The first kappa shape index (κ1) is 16.6. The summed E-state index contributed by atoms with van der Waals surface area (Å²) in [6.07, 6.45) is 1.64. The van der Waals surface area contributed by atoms with Gasteiger partial charge in [-0.05, 0) is 49.7 Å². The van der Waals surface area contributed by atoms with E-state index in [0.29, 0.717) is 17.3 Å². The highest BCUT2D eigenvalue weighted by Crippen LogP contribution is 2.28. The third-order valence-electron chi connectivity index (χ3n) is 3.74. The molecule has 2 heterocycles. The minimum atomic E-state index is -0.167. The molecule has 2 aromatic heterocycles.